The van der Waals surface area contributed by atoms with Crippen LogP contribution < -0.4 is 5.32 Å². The number of carbonyl (C=O) groups is 1. The Kier molecular flexibility index (Phi) is 5.47. The molecule has 2 heterocycles. The Morgan fingerprint density at radius 1 is 1.38 bits per heavy atom. The molecule has 140 valence electrons. The molecule has 0 radical (unpaired) electrons. The number of hydrogen-bond acceptors (Lipinski definition) is 4. The van der Waals surface area contributed by atoms with Gasteiger partial charge in [-0.1, -0.05) is 11.6 Å². The van der Waals surface area contributed by atoms with Crippen molar-refractivity contribution in [2.24, 2.45) is 5.92 Å². The van der Waals surface area contributed by atoms with E-state index in [-0.39, 0.29) is 19.5 Å². The summed E-state index contributed by atoms with van der Waals surface area (Å²) in [5, 5.41) is 7.13. The summed E-state index contributed by atoms with van der Waals surface area (Å²) in [5.41, 5.74) is 0.976. The fourth-order valence-corrected chi connectivity index (χ4v) is 3.17. The zero-order valence-corrected chi connectivity index (χ0v) is 14.5. The van der Waals surface area contributed by atoms with Crippen molar-refractivity contribution in [1.82, 2.24) is 19.7 Å². The summed E-state index contributed by atoms with van der Waals surface area (Å²) in [6.07, 6.45) is -0.893. The van der Waals surface area contributed by atoms with E-state index in [1.54, 1.807) is 18.2 Å². The SMILES string of the molecule is O=C(CN1CCC[C@@H](C(F)(F)F)C1)Nc1cc(Cl)ccc1-n1cncn1. The minimum Gasteiger partial charge on any atom is -0.323 e. The van der Waals surface area contributed by atoms with Gasteiger partial charge in [-0.15, -0.1) is 0 Å². The minimum absolute atomic E-state index is 0.104. The highest BCUT2D eigenvalue weighted by molar-refractivity contribution is 6.31. The summed E-state index contributed by atoms with van der Waals surface area (Å²) in [7, 11) is 0. The first-order chi connectivity index (χ1) is 12.3. The minimum atomic E-state index is -4.23. The number of piperidine rings is 1. The van der Waals surface area contributed by atoms with E-state index < -0.39 is 18.0 Å². The average molecular weight is 388 g/mol. The smallest absolute Gasteiger partial charge is 0.323 e. The van der Waals surface area contributed by atoms with Gasteiger partial charge in [0, 0.05) is 11.6 Å². The van der Waals surface area contributed by atoms with E-state index in [1.165, 1.54) is 22.2 Å². The second-order valence-electron chi connectivity index (χ2n) is 6.17. The van der Waals surface area contributed by atoms with Crippen LogP contribution in [0.2, 0.25) is 5.02 Å². The summed E-state index contributed by atoms with van der Waals surface area (Å²) in [6.45, 7) is 0.184. The third-order valence-electron chi connectivity index (χ3n) is 4.23. The zero-order chi connectivity index (χ0) is 18.7. The number of alkyl halides is 3. The monoisotopic (exact) mass is 387 g/mol. The van der Waals surface area contributed by atoms with Crippen LogP contribution >= 0.6 is 11.6 Å². The van der Waals surface area contributed by atoms with Crippen LogP contribution in [0.4, 0.5) is 18.9 Å². The third-order valence-corrected chi connectivity index (χ3v) is 4.47. The predicted molar refractivity (Wildman–Crippen MR) is 90.2 cm³/mol. The molecule has 1 aliphatic rings. The molecule has 1 atom stereocenters. The molecule has 10 heteroatoms. The molecular formula is C16H17ClF3N5O. The first-order valence-corrected chi connectivity index (χ1v) is 8.44. The van der Waals surface area contributed by atoms with E-state index in [4.69, 9.17) is 11.6 Å². The number of anilines is 1. The Morgan fingerprint density at radius 3 is 2.88 bits per heavy atom. The number of hydrogen-bond donors (Lipinski definition) is 1. The lowest BCUT2D eigenvalue weighted by molar-refractivity contribution is -0.186. The van der Waals surface area contributed by atoms with E-state index in [1.807, 2.05) is 0 Å². The molecular weight excluding hydrogens is 371 g/mol. The van der Waals surface area contributed by atoms with Gasteiger partial charge in [0.2, 0.25) is 5.91 Å². The molecule has 2 aromatic rings. The van der Waals surface area contributed by atoms with E-state index >= 15 is 0 Å². The molecule has 1 aromatic carbocycles. The molecule has 0 unspecified atom stereocenters. The quantitative estimate of drug-likeness (QED) is 0.875. The van der Waals surface area contributed by atoms with Crippen LogP contribution in [0, 0.1) is 5.92 Å². The molecule has 1 amide bonds. The van der Waals surface area contributed by atoms with E-state index in [0.29, 0.717) is 29.4 Å². The van der Waals surface area contributed by atoms with Gasteiger partial charge in [-0.3, -0.25) is 9.69 Å². The molecule has 0 saturated carbocycles. The molecule has 6 nitrogen and oxygen atoms in total. The molecule has 0 bridgehead atoms. The summed E-state index contributed by atoms with van der Waals surface area (Å²) in [6, 6.07) is 4.88. The Balaban J connectivity index is 1.68. The zero-order valence-electron chi connectivity index (χ0n) is 13.7. The number of carbonyl (C=O) groups excluding carboxylic acids is 1. The second-order valence-corrected chi connectivity index (χ2v) is 6.60. The van der Waals surface area contributed by atoms with Crippen LogP contribution in [0.3, 0.4) is 0 Å². The average Bonchev–Trinajstić information content (AvgIpc) is 3.08. The topological polar surface area (TPSA) is 63.1 Å². The summed E-state index contributed by atoms with van der Waals surface area (Å²) in [4.78, 5) is 17.7. The maximum Gasteiger partial charge on any atom is 0.393 e. The first kappa shape index (κ1) is 18.7. The normalized spacial score (nSPS) is 18.7. The summed E-state index contributed by atoms with van der Waals surface area (Å²) in [5.74, 6) is -1.79. The van der Waals surface area contributed by atoms with Crippen LogP contribution in [-0.4, -0.2) is 51.4 Å². The Morgan fingerprint density at radius 2 is 2.19 bits per heavy atom. The molecule has 1 N–H and O–H groups in total. The Bertz CT molecular complexity index is 766. The van der Waals surface area contributed by atoms with Gasteiger partial charge in [0.1, 0.15) is 12.7 Å². The fraction of sp³-hybridized carbons (Fsp3) is 0.438. The van der Waals surface area contributed by atoms with Gasteiger partial charge in [0.05, 0.1) is 23.8 Å². The standard InChI is InChI=1S/C16H17ClF3N5O/c17-12-3-4-14(25-10-21-9-22-25)13(6-12)23-15(26)8-24-5-1-2-11(7-24)16(18,19)20/h3-4,6,9-11H,1-2,5,7-8H2,(H,23,26)/t11-/m1/s1. The van der Waals surface area contributed by atoms with E-state index in [0.717, 1.165) is 0 Å². The van der Waals surface area contributed by atoms with E-state index in [2.05, 4.69) is 15.4 Å². The molecule has 1 aromatic heterocycles. The van der Waals surface area contributed by atoms with Gasteiger partial charge >= 0.3 is 6.18 Å². The maximum atomic E-state index is 12.9. The Labute approximate surface area is 153 Å². The second kappa shape index (κ2) is 7.63. The Hall–Kier alpha value is -2.13. The van der Waals surface area contributed by atoms with Crippen LogP contribution in [0.25, 0.3) is 5.69 Å². The fourth-order valence-electron chi connectivity index (χ4n) is 3.00. The van der Waals surface area contributed by atoms with Crippen molar-refractivity contribution < 1.29 is 18.0 Å². The number of rotatable bonds is 4. The lowest BCUT2D eigenvalue weighted by Gasteiger charge is -2.33. The number of benzene rings is 1. The van der Waals surface area contributed by atoms with Gasteiger partial charge in [0.25, 0.3) is 0 Å². The molecule has 0 aliphatic carbocycles. The molecule has 1 aliphatic heterocycles. The van der Waals surface area contributed by atoms with Crippen LogP contribution in [-0.2, 0) is 4.79 Å². The number of nitrogens with one attached hydrogen (secondary N) is 1. The number of likely N-dealkylation sites (tertiary alicyclic amines) is 1. The van der Waals surface area contributed by atoms with Gasteiger partial charge < -0.3 is 5.32 Å². The number of halogens is 4. The number of amides is 1. The summed E-state index contributed by atoms with van der Waals surface area (Å²) < 4.78 is 40.2. The number of aromatic nitrogens is 3. The highest BCUT2D eigenvalue weighted by Gasteiger charge is 2.41. The van der Waals surface area contributed by atoms with Crippen molar-refractivity contribution in [2.75, 3.05) is 25.0 Å². The molecule has 1 saturated heterocycles. The largest absolute Gasteiger partial charge is 0.393 e. The molecule has 0 spiro atoms. The van der Waals surface area contributed by atoms with Gasteiger partial charge in [-0.25, -0.2) is 9.67 Å². The predicted octanol–water partition coefficient (Wildman–Crippen LogP) is 3.13. The highest BCUT2D eigenvalue weighted by atomic mass is 35.5. The van der Waals surface area contributed by atoms with Crippen LogP contribution in [0.5, 0.6) is 0 Å². The lowest BCUT2D eigenvalue weighted by Crippen LogP contribution is -2.44. The van der Waals surface area contributed by atoms with Crippen LogP contribution in [0.1, 0.15) is 12.8 Å². The number of nitrogens with zero attached hydrogens (tertiary/aromatic N) is 4. The van der Waals surface area contributed by atoms with Crippen molar-refractivity contribution in [3.8, 4) is 5.69 Å². The van der Waals surface area contributed by atoms with Crippen molar-refractivity contribution >= 4 is 23.2 Å². The van der Waals surface area contributed by atoms with Crippen molar-refractivity contribution in [3.05, 3.63) is 35.9 Å². The van der Waals surface area contributed by atoms with Gasteiger partial charge in [-0.05, 0) is 37.6 Å². The molecule has 1 fully saturated rings. The highest BCUT2D eigenvalue weighted by Crippen LogP contribution is 2.33. The van der Waals surface area contributed by atoms with Gasteiger partial charge in [-0.2, -0.15) is 18.3 Å². The molecule has 26 heavy (non-hydrogen) atoms. The maximum absolute atomic E-state index is 12.9. The van der Waals surface area contributed by atoms with Crippen LogP contribution in [0.15, 0.2) is 30.9 Å². The lowest BCUT2D eigenvalue weighted by atomic mass is 9.97. The first-order valence-electron chi connectivity index (χ1n) is 8.06. The van der Waals surface area contributed by atoms with Crippen molar-refractivity contribution in [3.63, 3.8) is 0 Å². The molecule has 3 rings (SSSR count). The summed E-state index contributed by atoms with van der Waals surface area (Å²) >= 11 is 5.99. The van der Waals surface area contributed by atoms with Gasteiger partial charge in [0.15, 0.2) is 0 Å². The van der Waals surface area contributed by atoms with Crippen molar-refractivity contribution in [1.29, 1.82) is 0 Å². The third kappa shape index (κ3) is 4.53. The van der Waals surface area contributed by atoms with Crippen molar-refractivity contribution in [2.45, 2.75) is 19.0 Å². The van der Waals surface area contributed by atoms with E-state index in [9.17, 15) is 18.0 Å².